The number of hydrogen-bond acceptors (Lipinski definition) is 1. The van der Waals surface area contributed by atoms with E-state index < -0.39 is 17.7 Å². The molecule has 31 heavy (non-hydrogen) atoms. The second-order valence-corrected chi connectivity index (χ2v) is 7.20. The van der Waals surface area contributed by atoms with Gasteiger partial charge < -0.3 is 22.8 Å². The Morgan fingerprint density at radius 3 is 2.32 bits per heavy atom. The third-order valence-electron chi connectivity index (χ3n) is 4.76. The molecule has 0 bridgehead atoms. The summed E-state index contributed by atoms with van der Waals surface area (Å²) in [7, 11) is 0. The zero-order valence-electron chi connectivity index (χ0n) is 17.5. The van der Waals surface area contributed by atoms with E-state index in [9.17, 15) is 13.2 Å². The number of carboxylic acids is 1. The Labute approximate surface area is 186 Å². The predicted octanol–water partition coefficient (Wildman–Crippen LogP) is 2.21. The number of carbonyl (C=O) groups is 1. The topological polar surface area (TPSA) is 53.9 Å². The highest BCUT2D eigenvalue weighted by Crippen LogP contribution is 2.29. The lowest BCUT2D eigenvalue weighted by atomic mass is 9.99. The van der Waals surface area contributed by atoms with Crippen LogP contribution in [0.1, 0.15) is 43.0 Å². The summed E-state index contributed by atoms with van der Waals surface area (Å²) in [5.74, 6) is -0.833. The number of alkyl halides is 3. The molecule has 3 aromatic rings. The lowest BCUT2D eigenvalue weighted by Gasteiger charge is -2.14. The molecular formula is C24H27ClF3NO2. The van der Waals surface area contributed by atoms with Crippen LogP contribution in [-0.4, -0.2) is 17.6 Å². The van der Waals surface area contributed by atoms with E-state index in [2.05, 4.69) is 42.6 Å². The van der Waals surface area contributed by atoms with E-state index in [0.717, 1.165) is 31.5 Å². The Balaban J connectivity index is 0.000000885. The van der Waals surface area contributed by atoms with Crippen LogP contribution in [0.3, 0.4) is 0 Å². The maximum atomic E-state index is 12.8. The average Bonchev–Trinajstić information content (AvgIpc) is 2.70. The van der Waals surface area contributed by atoms with Crippen molar-refractivity contribution < 1.29 is 40.8 Å². The fourth-order valence-corrected chi connectivity index (χ4v) is 3.35. The largest absolute Gasteiger partial charge is 1.00 e. The Kier molecular flexibility index (Phi) is 10.5. The summed E-state index contributed by atoms with van der Waals surface area (Å²) in [6.45, 7) is 4.13. The molecule has 3 N–H and O–H groups in total. The number of nitrogens with two attached hydrogens (primary N) is 1. The van der Waals surface area contributed by atoms with E-state index in [4.69, 9.17) is 9.90 Å². The van der Waals surface area contributed by atoms with Crippen LogP contribution in [0, 0.1) is 0 Å². The van der Waals surface area contributed by atoms with Crippen molar-refractivity contribution >= 4 is 16.7 Å². The molecule has 0 heterocycles. The van der Waals surface area contributed by atoms with Crippen LogP contribution in [0.25, 0.3) is 10.8 Å². The molecule has 3 rings (SSSR count). The second kappa shape index (κ2) is 12.3. The number of aliphatic carboxylic acids is 1. The fourth-order valence-electron chi connectivity index (χ4n) is 3.35. The van der Waals surface area contributed by atoms with Gasteiger partial charge in [0.05, 0.1) is 12.1 Å². The fraction of sp³-hybridized carbons (Fsp3) is 0.292. The Morgan fingerprint density at radius 2 is 1.65 bits per heavy atom. The summed E-state index contributed by atoms with van der Waals surface area (Å²) < 4.78 is 38.3. The first-order valence-electron chi connectivity index (χ1n) is 9.85. The number of fused-ring (bicyclic) bond motifs is 1. The second-order valence-electron chi connectivity index (χ2n) is 7.20. The van der Waals surface area contributed by atoms with E-state index in [1.807, 2.05) is 12.1 Å². The zero-order valence-corrected chi connectivity index (χ0v) is 18.3. The number of rotatable bonds is 6. The van der Waals surface area contributed by atoms with Gasteiger partial charge in [0.1, 0.15) is 6.04 Å². The van der Waals surface area contributed by atoms with Crippen LogP contribution in [0.5, 0.6) is 0 Å². The Morgan fingerprint density at radius 1 is 1.03 bits per heavy atom. The van der Waals surface area contributed by atoms with E-state index in [1.165, 1.54) is 28.5 Å². The van der Waals surface area contributed by atoms with Gasteiger partial charge in [-0.25, -0.2) is 0 Å². The maximum absolute atomic E-state index is 12.8. The van der Waals surface area contributed by atoms with Gasteiger partial charge in [0.15, 0.2) is 0 Å². The predicted molar refractivity (Wildman–Crippen MR) is 112 cm³/mol. The van der Waals surface area contributed by atoms with Crippen molar-refractivity contribution in [3.05, 3.63) is 83.4 Å². The van der Waals surface area contributed by atoms with Crippen molar-refractivity contribution in [2.75, 3.05) is 6.54 Å². The molecule has 0 saturated carbocycles. The highest BCUT2D eigenvalue weighted by Gasteiger charge is 2.30. The molecule has 0 radical (unpaired) electrons. The van der Waals surface area contributed by atoms with E-state index >= 15 is 0 Å². The molecular weight excluding hydrogens is 427 g/mol. The van der Waals surface area contributed by atoms with Crippen LogP contribution < -0.4 is 17.7 Å². The Hall–Kier alpha value is -2.57. The zero-order chi connectivity index (χ0) is 22.1. The molecule has 0 aliphatic rings. The smallest absolute Gasteiger partial charge is 0.416 e. The van der Waals surface area contributed by atoms with Gasteiger partial charge in [-0.05, 0) is 35.7 Å². The van der Waals surface area contributed by atoms with Gasteiger partial charge in [-0.15, -0.1) is 0 Å². The van der Waals surface area contributed by atoms with Crippen LogP contribution in [0.15, 0.2) is 66.7 Å². The molecule has 1 atom stereocenters. The van der Waals surface area contributed by atoms with Crippen molar-refractivity contribution in [1.82, 2.24) is 0 Å². The van der Waals surface area contributed by atoms with E-state index in [0.29, 0.717) is 12.5 Å². The lowest BCUT2D eigenvalue weighted by molar-refractivity contribution is -0.692. The van der Waals surface area contributed by atoms with Gasteiger partial charge in [-0.1, -0.05) is 60.7 Å². The molecule has 0 saturated heterocycles. The minimum absolute atomic E-state index is 0. The van der Waals surface area contributed by atoms with E-state index in [1.54, 1.807) is 6.07 Å². The van der Waals surface area contributed by atoms with Gasteiger partial charge in [-0.2, -0.15) is 13.2 Å². The molecule has 0 amide bonds. The molecule has 0 aliphatic heterocycles. The molecule has 3 nitrogen and oxygen atoms in total. The average molecular weight is 454 g/mol. The molecule has 0 aliphatic carbocycles. The van der Waals surface area contributed by atoms with Crippen molar-refractivity contribution in [2.24, 2.45) is 0 Å². The van der Waals surface area contributed by atoms with Crippen LogP contribution in [0.2, 0.25) is 0 Å². The summed E-state index contributed by atoms with van der Waals surface area (Å²) in [6.07, 6.45) is -2.77. The van der Waals surface area contributed by atoms with Crippen molar-refractivity contribution in [1.29, 1.82) is 0 Å². The Bertz CT molecular complexity index is 967. The summed E-state index contributed by atoms with van der Waals surface area (Å²) >= 11 is 0. The number of carboxylic acid groups (broad SMARTS) is 1. The van der Waals surface area contributed by atoms with Gasteiger partial charge in [0, 0.05) is 18.9 Å². The van der Waals surface area contributed by atoms with Gasteiger partial charge in [0.2, 0.25) is 0 Å². The SMILES string of the molecule is CC(=O)O.C[C@@H]([NH2+]CCCc1cccc(C(F)(F)F)c1)c1cccc2ccccc12.[Cl-]. The third kappa shape index (κ3) is 8.59. The monoisotopic (exact) mass is 453 g/mol. The normalized spacial score (nSPS) is 11.8. The van der Waals surface area contributed by atoms with Gasteiger partial charge in [-0.3, -0.25) is 4.79 Å². The van der Waals surface area contributed by atoms with Crippen LogP contribution >= 0.6 is 0 Å². The molecule has 168 valence electrons. The summed E-state index contributed by atoms with van der Waals surface area (Å²) in [6, 6.07) is 20.6. The summed E-state index contributed by atoms with van der Waals surface area (Å²) in [5.41, 5.74) is 1.47. The minimum atomic E-state index is -4.27. The highest BCUT2D eigenvalue weighted by molar-refractivity contribution is 5.85. The van der Waals surface area contributed by atoms with E-state index in [-0.39, 0.29) is 12.4 Å². The first-order valence-corrected chi connectivity index (χ1v) is 9.85. The van der Waals surface area contributed by atoms with Crippen LogP contribution in [0.4, 0.5) is 13.2 Å². The van der Waals surface area contributed by atoms with Gasteiger partial charge >= 0.3 is 6.18 Å². The molecule has 3 aromatic carbocycles. The minimum Gasteiger partial charge on any atom is -1.00 e. The molecule has 0 spiro atoms. The number of benzene rings is 3. The molecule has 0 fully saturated rings. The number of halogens is 4. The van der Waals surface area contributed by atoms with Crippen LogP contribution in [-0.2, 0) is 17.4 Å². The standard InChI is InChI=1S/C22H22F3N.C2H4O2.ClH/c1-16(20-13-5-10-18-9-2-3-12-21(18)20)26-14-6-8-17-7-4-11-19(15-17)22(23,24)25;1-2(3)4;/h2-5,7,9-13,15-16,26H,6,8,14H2,1H3;1H3,(H,3,4);1H/t16-;;/m1../s1. The first-order chi connectivity index (χ1) is 14.2. The lowest BCUT2D eigenvalue weighted by Crippen LogP contribution is -3.00. The maximum Gasteiger partial charge on any atom is 0.416 e. The third-order valence-corrected chi connectivity index (χ3v) is 4.76. The number of quaternary nitrogens is 1. The highest BCUT2D eigenvalue weighted by atomic mass is 35.5. The quantitative estimate of drug-likeness (QED) is 0.562. The number of aryl methyl sites for hydroxylation is 1. The van der Waals surface area contributed by atoms with Crippen molar-refractivity contribution in [3.63, 3.8) is 0 Å². The van der Waals surface area contributed by atoms with Crippen molar-refractivity contribution in [3.8, 4) is 0 Å². The number of hydrogen-bond donors (Lipinski definition) is 2. The molecule has 0 unspecified atom stereocenters. The first kappa shape index (κ1) is 26.5. The van der Waals surface area contributed by atoms with Gasteiger partial charge in [0.25, 0.3) is 5.97 Å². The molecule has 0 aromatic heterocycles. The summed E-state index contributed by atoms with van der Waals surface area (Å²) in [5, 5.41) is 12.2. The molecule has 7 heteroatoms. The summed E-state index contributed by atoms with van der Waals surface area (Å²) in [4.78, 5) is 9.00. The van der Waals surface area contributed by atoms with Crippen molar-refractivity contribution in [2.45, 2.75) is 38.9 Å².